The minimum absolute atomic E-state index is 0.0850. The first-order chi connectivity index (χ1) is 18.4. The number of nitrogens with two attached hydrogens (primary N) is 2. The molecule has 0 saturated carbocycles. The summed E-state index contributed by atoms with van der Waals surface area (Å²) >= 11 is 0. The van der Waals surface area contributed by atoms with Crippen LogP contribution in [-0.4, -0.2) is 87.0 Å². The van der Waals surface area contributed by atoms with Crippen LogP contribution in [0.4, 0.5) is 4.79 Å². The molecule has 0 saturated heterocycles. The van der Waals surface area contributed by atoms with Gasteiger partial charge < -0.3 is 36.3 Å². The summed E-state index contributed by atoms with van der Waals surface area (Å²) in [5, 5.41) is 5.55. The maximum Gasteiger partial charge on any atom is 0.431 e. The lowest BCUT2D eigenvalue weighted by Gasteiger charge is -2.20. The Balaban J connectivity index is 4.15. The van der Waals surface area contributed by atoms with Gasteiger partial charge in [0.15, 0.2) is 5.78 Å². The minimum atomic E-state index is -0.670. The standard InChI is InChI=1S/C26H51N5O8/c1-6-19(27)23(33)29-13-9-8-11-21(30-24(34)20(28)7-2)22(32)12-10-14-36-15-16-37-17-18-38-31-25(35)39-26(3,4)5/h19-21H,6-18,27-28H2,1-5H3,(H,29,33)(H,30,34)(H,31,35)/t19-,20-,21-/m0/s1. The van der Waals surface area contributed by atoms with Gasteiger partial charge in [0.05, 0.1) is 44.6 Å². The van der Waals surface area contributed by atoms with Gasteiger partial charge in [0, 0.05) is 19.6 Å². The molecule has 0 aromatic heterocycles. The summed E-state index contributed by atoms with van der Waals surface area (Å²) in [6.45, 7) is 10.8. The zero-order valence-corrected chi connectivity index (χ0v) is 24.3. The van der Waals surface area contributed by atoms with E-state index >= 15 is 0 Å². The molecule has 0 aliphatic rings. The molecule has 3 amide bonds. The van der Waals surface area contributed by atoms with E-state index in [1.807, 2.05) is 6.92 Å². The molecule has 39 heavy (non-hydrogen) atoms. The third-order valence-electron chi connectivity index (χ3n) is 5.45. The van der Waals surface area contributed by atoms with Crippen molar-refractivity contribution < 1.29 is 38.2 Å². The van der Waals surface area contributed by atoms with Gasteiger partial charge in [0.1, 0.15) is 5.60 Å². The van der Waals surface area contributed by atoms with E-state index in [2.05, 4.69) is 16.1 Å². The van der Waals surface area contributed by atoms with Crippen molar-refractivity contribution in [1.29, 1.82) is 0 Å². The van der Waals surface area contributed by atoms with Crippen LogP contribution in [0.5, 0.6) is 0 Å². The highest BCUT2D eigenvalue weighted by Crippen LogP contribution is 2.08. The van der Waals surface area contributed by atoms with Gasteiger partial charge in [-0.1, -0.05) is 13.8 Å². The van der Waals surface area contributed by atoms with Crippen LogP contribution >= 0.6 is 0 Å². The number of hydrogen-bond acceptors (Lipinski definition) is 10. The van der Waals surface area contributed by atoms with Gasteiger partial charge in [-0.15, -0.1) is 0 Å². The second-order valence-electron chi connectivity index (χ2n) is 10.1. The van der Waals surface area contributed by atoms with E-state index in [1.54, 1.807) is 27.7 Å². The summed E-state index contributed by atoms with van der Waals surface area (Å²) in [5.41, 5.74) is 13.1. The van der Waals surface area contributed by atoms with Crippen LogP contribution in [0, 0.1) is 0 Å². The Kier molecular flexibility index (Phi) is 20.2. The van der Waals surface area contributed by atoms with Gasteiger partial charge in [-0.25, -0.2) is 4.79 Å². The van der Waals surface area contributed by atoms with Crippen molar-refractivity contribution in [1.82, 2.24) is 16.1 Å². The van der Waals surface area contributed by atoms with Gasteiger partial charge in [-0.05, 0) is 59.3 Å². The Morgan fingerprint density at radius 2 is 1.38 bits per heavy atom. The maximum absolute atomic E-state index is 12.8. The average molecular weight is 562 g/mol. The largest absolute Gasteiger partial charge is 0.442 e. The molecule has 0 aliphatic carbocycles. The Bertz CT molecular complexity index is 717. The van der Waals surface area contributed by atoms with E-state index in [0.29, 0.717) is 64.9 Å². The Morgan fingerprint density at radius 1 is 0.795 bits per heavy atom. The van der Waals surface area contributed by atoms with Gasteiger partial charge >= 0.3 is 6.09 Å². The topological polar surface area (TPSA) is 193 Å². The normalized spacial score (nSPS) is 13.7. The van der Waals surface area contributed by atoms with E-state index in [0.717, 1.165) is 0 Å². The van der Waals surface area contributed by atoms with Gasteiger partial charge in [0.2, 0.25) is 11.8 Å². The molecule has 0 aliphatic heterocycles. The molecule has 0 spiro atoms. The number of rotatable bonds is 22. The summed E-state index contributed by atoms with van der Waals surface area (Å²) in [6, 6.07) is -1.83. The van der Waals surface area contributed by atoms with Crippen LogP contribution in [0.1, 0.15) is 79.6 Å². The molecule has 7 N–H and O–H groups in total. The smallest absolute Gasteiger partial charge is 0.431 e. The predicted molar refractivity (Wildman–Crippen MR) is 147 cm³/mol. The van der Waals surface area contributed by atoms with Gasteiger partial charge in [-0.2, -0.15) is 5.48 Å². The number of carbonyl (C=O) groups excluding carboxylic acids is 4. The lowest BCUT2D eigenvalue weighted by molar-refractivity contribution is -0.129. The first kappa shape index (κ1) is 36.7. The molecule has 13 nitrogen and oxygen atoms in total. The zero-order chi connectivity index (χ0) is 29.7. The fraction of sp³-hybridized carbons (Fsp3) is 0.846. The molecule has 0 rings (SSSR count). The summed E-state index contributed by atoms with van der Waals surface area (Å²) in [5.74, 6) is -0.629. The maximum atomic E-state index is 12.8. The van der Waals surface area contributed by atoms with Crippen molar-refractivity contribution in [2.24, 2.45) is 11.5 Å². The molecular formula is C26H51N5O8. The van der Waals surface area contributed by atoms with E-state index in [9.17, 15) is 19.2 Å². The number of unbranched alkanes of at least 4 members (excludes halogenated alkanes) is 1. The second kappa shape index (κ2) is 21.5. The van der Waals surface area contributed by atoms with Crippen LogP contribution in [0.25, 0.3) is 0 Å². The van der Waals surface area contributed by atoms with E-state index in [1.165, 1.54) is 0 Å². The van der Waals surface area contributed by atoms with Crippen molar-refractivity contribution in [2.45, 2.75) is 103 Å². The molecule has 0 fully saturated rings. The Labute approximate surface area is 232 Å². The summed E-state index contributed by atoms with van der Waals surface area (Å²) in [7, 11) is 0. The van der Waals surface area contributed by atoms with E-state index in [4.69, 9.17) is 30.5 Å². The first-order valence-electron chi connectivity index (χ1n) is 13.8. The van der Waals surface area contributed by atoms with Crippen molar-refractivity contribution >= 4 is 23.7 Å². The Morgan fingerprint density at radius 3 is 2.00 bits per heavy atom. The van der Waals surface area contributed by atoms with Crippen LogP contribution in [0.2, 0.25) is 0 Å². The fourth-order valence-electron chi connectivity index (χ4n) is 3.13. The summed E-state index contributed by atoms with van der Waals surface area (Å²) in [4.78, 5) is 53.2. The zero-order valence-electron chi connectivity index (χ0n) is 24.3. The van der Waals surface area contributed by atoms with Gasteiger partial charge in [-0.3, -0.25) is 19.2 Å². The van der Waals surface area contributed by atoms with Gasteiger partial charge in [0.25, 0.3) is 0 Å². The van der Waals surface area contributed by atoms with Crippen LogP contribution in [-0.2, 0) is 33.4 Å². The minimum Gasteiger partial charge on any atom is -0.442 e. The number of hydrogen-bond donors (Lipinski definition) is 5. The van der Waals surface area contributed by atoms with Crippen LogP contribution < -0.4 is 27.6 Å². The monoisotopic (exact) mass is 561 g/mol. The lowest BCUT2D eigenvalue weighted by atomic mass is 10.0. The molecule has 0 bridgehead atoms. The molecule has 0 aromatic carbocycles. The van der Waals surface area contributed by atoms with Crippen LogP contribution in [0.15, 0.2) is 0 Å². The summed E-state index contributed by atoms with van der Waals surface area (Å²) < 4.78 is 15.9. The predicted octanol–water partition coefficient (Wildman–Crippen LogP) is 1.07. The van der Waals surface area contributed by atoms with E-state index < -0.39 is 29.8 Å². The summed E-state index contributed by atoms with van der Waals surface area (Å²) in [6.07, 6.45) is 2.87. The number of ketones is 1. The molecule has 0 heterocycles. The molecule has 0 radical (unpaired) electrons. The third kappa shape index (κ3) is 20.3. The molecule has 0 unspecified atom stereocenters. The molecular weight excluding hydrogens is 510 g/mol. The highest BCUT2D eigenvalue weighted by atomic mass is 16.7. The van der Waals surface area contributed by atoms with E-state index in [-0.39, 0.29) is 37.2 Å². The molecule has 3 atom stereocenters. The third-order valence-corrected chi connectivity index (χ3v) is 5.45. The number of amides is 3. The Hall–Kier alpha value is -2.32. The first-order valence-corrected chi connectivity index (χ1v) is 13.8. The second-order valence-corrected chi connectivity index (χ2v) is 10.1. The molecule has 228 valence electrons. The number of nitrogens with one attached hydrogen (secondary N) is 3. The van der Waals surface area contributed by atoms with Crippen LogP contribution in [0.3, 0.4) is 0 Å². The number of ether oxygens (including phenoxy) is 3. The number of hydroxylamine groups is 1. The lowest BCUT2D eigenvalue weighted by Crippen LogP contribution is -2.48. The molecule has 0 aromatic rings. The fourth-order valence-corrected chi connectivity index (χ4v) is 3.13. The van der Waals surface area contributed by atoms with Crippen molar-refractivity contribution in [3.8, 4) is 0 Å². The quantitative estimate of drug-likeness (QED) is 0.0943. The highest BCUT2D eigenvalue weighted by molar-refractivity contribution is 5.90. The number of carbonyl (C=O) groups is 4. The molecule has 13 heteroatoms. The average Bonchev–Trinajstić information content (AvgIpc) is 2.88. The van der Waals surface area contributed by atoms with Crippen molar-refractivity contribution in [3.63, 3.8) is 0 Å². The highest BCUT2D eigenvalue weighted by Gasteiger charge is 2.22. The van der Waals surface area contributed by atoms with Crippen molar-refractivity contribution in [2.75, 3.05) is 39.6 Å². The SMILES string of the molecule is CC[C@H](N)C(=O)NCCCC[C@H](NC(=O)[C@@H](N)CC)C(=O)CCCOCCOCCONC(=O)OC(C)(C)C. The number of Topliss-reactive ketones (excluding diaryl/α,β-unsaturated/α-hetero) is 1. The van der Waals surface area contributed by atoms with Crippen molar-refractivity contribution in [3.05, 3.63) is 0 Å².